The summed E-state index contributed by atoms with van der Waals surface area (Å²) in [7, 11) is 0. The Morgan fingerprint density at radius 2 is 1.93 bits per heavy atom. The zero-order valence-electron chi connectivity index (χ0n) is 7.94. The lowest BCUT2D eigenvalue weighted by molar-refractivity contribution is 0.0993. The van der Waals surface area contributed by atoms with E-state index in [2.05, 4.69) is 0 Å². The first kappa shape index (κ1) is 9.99. The van der Waals surface area contributed by atoms with Gasteiger partial charge in [-0.3, -0.25) is 4.79 Å². The molecule has 1 heterocycles. The average Bonchev–Trinajstić information content (AvgIpc) is 2.71. The van der Waals surface area contributed by atoms with Gasteiger partial charge in [-0.05, 0) is 35.9 Å². The van der Waals surface area contributed by atoms with Crippen LogP contribution in [0.2, 0.25) is 5.02 Å². The van der Waals surface area contributed by atoms with Crippen LogP contribution in [-0.4, -0.2) is 5.78 Å². The number of carbonyl (C=O) groups excluding carboxylic acids is 1. The fourth-order valence-corrected chi connectivity index (χ4v) is 1.44. The van der Waals surface area contributed by atoms with Crippen LogP contribution in [0.5, 0.6) is 0 Å². The molecule has 1 aromatic carbocycles. The van der Waals surface area contributed by atoms with Crippen molar-refractivity contribution < 1.29 is 9.21 Å². The van der Waals surface area contributed by atoms with Gasteiger partial charge >= 0.3 is 0 Å². The van der Waals surface area contributed by atoms with Crippen LogP contribution in [0.25, 0.3) is 0 Å². The summed E-state index contributed by atoms with van der Waals surface area (Å²) >= 11 is 5.73. The first-order valence-electron chi connectivity index (χ1n) is 4.55. The molecule has 76 valence electrons. The third kappa shape index (κ3) is 2.48. The largest absolute Gasteiger partial charge is 0.472 e. The molecule has 0 atom stereocenters. The van der Waals surface area contributed by atoms with Crippen molar-refractivity contribution in [2.75, 3.05) is 0 Å². The second-order valence-electron chi connectivity index (χ2n) is 3.24. The van der Waals surface area contributed by atoms with Gasteiger partial charge in [0.2, 0.25) is 0 Å². The molecule has 3 heteroatoms. The van der Waals surface area contributed by atoms with Crippen molar-refractivity contribution >= 4 is 17.4 Å². The summed E-state index contributed by atoms with van der Waals surface area (Å²) in [6.45, 7) is 0. The van der Waals surface area contributed by atoms with Crippen LogP contribution in [0.4, 0.5) is 0 Å². The zero-order chi connectivity index (χ0) is 10.7. The Balaban J connectivity index is 2.11. The molecule has 1 aromatic heterocycles. The van der Waals surface area contributed by atoms with Gasteiger partial charge in [0, 0.05) is 17.0 Å². The van der Waals surface area contributed by atoms with Gasteiger partial charge in [0.25, 0.3) is 0 Å². The normalized spacial score (nSPS) is 10.2. The van der Waals surface area contributed by atoms with Crippen molar-refractivity contribution in [1.29, 1.82) is 0 Å². The molecule has 2 nitrogen and oxygen atoms in total. The number of halogens is 1. The minimum atomic E-state index is 0.0630. The highest BCUT2D eigenvalue weighted by Crippen LogP contribution is 2.12. The number of carbonyl (C=O) groups is 1. The van der Waals surface area contributed by atoms with E-state index >= 15 is 0 Å². The molecule has 0 spiro atoms. The minimum absolute atomic E-state index is 0.0630. The highest BCUT2D eigenvalue weighted by atomic mass is 35.5. The number of furan rings is 1. The molecule has 0 aliphatic carbocycles. The molecule has 0 radical (unpaired) electrons. The molecule has 0 bridgehead atoms. The van der Waals surface area contributed by atoms with E-state index in [9.17, 15) is 4.79 Å². The molecule has 0 unspecified atom stereocenters. The van der Waals surface area contributed by atoms with E-state index in [-0.39, 0.29) is 5.78 Å². The second-order valence-corrected chi connectivity index (χ2v) is 3.67. The maximum atomic E-state index is 11.7. The molecule has 0 saturated heterocycles. The molecular weight excluding hydrogens is 212 g/mol. The quantitative estimate of drug-likeness (QED) is 0.743. The zero-order valence-corrected chi connectivity index (χ0v) is 8.70. The minimum Gasteiger partial charge on any atom is -0.472 e. The summed E-state index contributed by atoms with van der Waals surface area (Å²) in [5.74, 6) is 0.0630. The van der Waals surface area contributed by atoms with Gasteiger partial charge < -0.3 is 4.42 Å². The number of ketones is 1. The number of Topliss-reactive ketones (excluding diaryl/α,β-unsaturated/α-hetero) is 1. The van der Waals surface area contributed by atoms with E-state index in [0.717, 1.165) is 5.56 Å². The lowest BCUT2D eigenvalue weighted by atomic mass is 10.1. The highest BCUT2D eigenvalue weighted by Gasteiger charge is 2.07. The molecule has 0 amide bonds. The lowest BCUT2D eigenvalue weighted by Crippen LogP contribution is -2.02. The monoisotopic (exact) mass is 220 g/mol. The van der Waals surface area contributed by atoms with Crippen LogP contribution in [0.1, 0.15) is 15.9 Å². The maximum Gasteiger partial charge on any atom is 0.167 e. The summed E-state index contributed by atoms with van der Waals surface area (Å²) in [5.41, 5.74) is 1.55. The predicted octanol–water partition coefficient (Wildman–Crippen LogP) is 3.36. The van der Waals surface area contributed by atoms with Crippen LogP contribution in [0, 0.1) is 0 Å². The summed E-state index contributed by atoms with van der Waals surface area (Å²) in [4.78, 5) is 11.7. The Hall–Kier alpha value is -1.54. The first-order chi connectivity index (χ1) is 7.25. The SMILES string of the molecule is O=C(Cc1ccoc1)c1ccc(Cl)cc1. The van der Waals surface area contributed by atoms with Crippen LogP contribution in [0.15, 0.2) is 47.3 Å². The van der Waals surface area contributed by atoms with Crippen LogP contribution >= 0.6 is 11.6 Å². The molecular formula is C12H9ClO2. The smallest absolute Gasteiger partial charge is 0.167 e. The second kappa shape index (κ2) is 4.32. The number of benzene rings is 1. The Labute approximate surface area is 92.5 Å². The molecule has 0 saturated carbocycles. The Kier molecular flexibility index (Phi) is 2.88. The third-order valence-corrected chi connectivity index (χ3v) is 2.36. The van der Waals surface area contributed by atoms with Crippen molar-refractivity contribution in [1.82, 2.24) is 0 Å². The standard InChI is InChI=1S/C12H9ClO2/c13-11-3-1-10(2-4-11)12(14)7-9-5-6-15-8-9/h1-6,8H,7H2. The van der Waals surface area contributed by atoms with Gasteiger partial charge in [0.05, 0.1) is 12.5 Å². The predicted molar refractivity (Wildman–Crippen MR) is 58.2 cm³/mol. The highest BCUT2D eigenvalue weighted by molar-refractivity contribution is 6.30. The maximum absolute atomic E-state index is 11.7. The van der Waals surface area contributed by atoms with Crippen molar-refractivity contribution in [3.05, 3.63) is 59.0 Å². The summed E-state index contributed by atoms with van der Waals surface area (Å²) in [5, 5.41) is 0.634. The Bertz CT molecular complexity index is 443. The molecule has 0 N–H and O–H groups in total. The van der Waals surface area contributed by atoms with Gasteiger partial charge in [-0.2, -0.15) is 0 Å². The van der Waals surface area contributed by atoms with E-state index in [1.807, 2.05) is 0 Å². The van der Waals surface area contributed by atoms with Crippen LogP contribution in [0.3, 0.4) is 0 Å². The summed E-state index contributed by atoms with van der Waals surface area (Å²) < 4.78 is 4.90. The van der Waals surface area contributed by atoms with Gasteiger partial charge in [-0.15, -0.1) is 0 Å². The Morgan fingerprint density at radius 3 is 2.53 bits per heavy atom. The number of hydrogen-bond donors (Lipinski definition) is 0. The van der Waals surface area contributed by atoms with E-state index < -0.39 is 0 Å². The van der Waals surface area contributed by atoms with E-state index in [4.69, 9.17) is 16.0 Å². The molecule has 0 aliphatic rings. The molecule has 2 aromatic rings. The van der Waals surface area contributed by atoms with Gasteiger partial charge in [0.1, 0.15) is 0 Å². The topological polar surface area (TPSA) is 30.2 Å². The third-order valence-electron chi connectivity index (χ3n) is 2.11. The van der Waals surface area contributed by atoms with Crippen molar-refractivity contribution in [2.45, 2.75) is 6.42 Å². The van der Waals surface area contributed by atoms with Crippen molar-refractivity contribution in [3.63, 3.8) is 0 Å². The molecule has 15 heavy (non-hydrogen) atoms. The summed E-state index contributed by atoms with van der Waals surface area (Å²) in [6, 6.07) is 8.66. The van der Waals surface area contributed by atoms with E-state index in [1.165, 1.54) is 0 Å². The molecule has 0 fully saturated rings. The number of hydrogen-bond acceptors (Lipinski definition) is 2. The number of rotatable bonds is 3. The van der Waals surface area contributed by atoms with Crippen LogP contribution in [-0.2, 0) is 6.42 Å². The fourth-order valence-electron chi connectivity index (χ4n) is 1.32. The van der Waals surface area contributed by atoms with Crippen molar-refractivity contribution in [2.24, 2.45) is 0 Å². The van der Waals surface area contributed by atoms with E-state index in [1.54, 1.807) is 42.9 Å². The summed E-state index contributed by atoms with van der Waals surface area (Å²) in [6.07, 6.45) is 3.50. The average molecular weight is 221 g/mol. The molecule has 0 aliphatic heterocycles. The Morgan fingerprint density at radius 1 is 1.20 bits per heavy atom. The fraction of sp³-hybridized carbons (Fsp3) is 0.0833. The molecule has 2 rings (SSSR count). The van der Waals surface area contributed by atoms with Gasteiger partial charge in [-0.25, -0.2) is 0 Å². The first-order valence-corrected chi connectivity index (χ1v) is 4.93. The van der Waals surface area contributed by atoms with Gasteiger partial charge in [0.15, 0.2) is 5.78 Å². The van der Waals surface area contributed by atoms with Gasteiger partial charge in [-0.1, -0.05) is 11.6 Å². The van der Waals surface area contributed by atoms with Crippen LogP contribution < -0.4 is 0 Å². The lowest BCUT2D eigenvalue weighted by Gasteiger charge is -1.98. The van der Waals surface area contributed by atoms with E-state index in [0.29, 0.717) is 17.0 Å². The van der Waals surface area contributed by atoms with Crippen molar-refractivity contribution in [3.8, 4) is 0 Å².